The second kappa shape index (κ2) is 9.62. The summed E-state index contributed by atoms with van der Waals surface area (Å²) in [6.45, 7) is 2.09. The summed E-state index contributed by atoms with van der Waals surface area (Å²) in [5.74, 6) is -0.340. The van der Waals surface area contributed by atoms with Crippen molar-refractivity contribution in [1.82, 2.24) is 9.97 Å². The van der Waals surface area contributed by atoms with Gasteiger partial charge in [-0.05, 0) is 43.4 Å². The van der Waals surface area contributed by atoms with Gasteiger partial charge in [0.05, 0.1) is 17.9 Å². The molecule has 168 valence electrons. The molecular formula is C24H21N3O3S3. The van der Waals surface area contributed by atoms with E-state index in [2.05, 4.69) is 33.5 Å². The van der Waals surface area contributed by atoms with Crippen molar-refractivity contribution in [2.75, 3.05) is 17.7 Å². The summed E-state index contributed by atoms with van der Waals surface area (Å²) in [6, 6.07) is 12.2. The highest BCUT2D eigenvalue weighted by Gasteiger charge is 2.28. The van der Waals surface area contributed by atoms with Crippen molar-refractivity contribution in [3.63, 3.8) is 0 Å². The van der Waals surface area contributed by atoms with Crippen LogP contribution in [0.3, 0.4) is 0 Å². The van der Waals surface area contributed by atoms with E-state index in [0.29, 0.717) is 17.2 Å². The lowest BCUT2D eigenvalue weighted by Gasteiger charge is -2.08. The quantitative estimate of drug-likeness (QED) is 0.198. The van der Waals surface area contributed by atoms with E-state index < -0.39 is 0 Å². The summed E-state index contributed by atoms with van der Waals surface area (Å²) in [7, 11) is 0. The van der Waals surface area contributed by atoms with Crippen molar-refractivity contribution in [3.05, 3.63) is 58.7 Å². The number of benzene rings is 1. The average molecular weight is 496 g/mol. The molecule has 0 spiro atoms. The molecule has 5 rings (SSSR count). The Morgan fingerprint density at radius 1 is 1.15 bits per heavy atom. The zero-order valence-electron chi connectivity index (χ0n) is 17.9. The van der Waals surface area contributed by atoms with Crippen LogP contribution in [0, 0.1) is 0 Å². The molecule has 9 heteroatoms. The van der Waals surface area contributed by atoms with Gasteiger partial charge in [0.15, 0.2) is 0 Å². The fourth-order valence-electron chi connectivity index (χ4n) is 3.90. The highest BCUT2D eigenvalue weighted by atomic mass is 32.2. The van der Waals surface area contributed by atoms with Crippen LogP contribution in [0.2, 0.25) is 0 Å². The van der Waals surface area contributed by atoms with Crippen molar-refractivity contribution < 1.29 is 14.3 Å². The van der Waals surface area contributed by atoms with Gasteiger partial charge in [-0.3, -0.25) is 4.79 Å². The molecule has 6 nitrogen and oxygen atoms in total. The molecule has 0 radical (unpaired) electrons. The molecule has 0 bridgehead atoms. The number of ether oxygens (including phenoxy) is 1. The van der Waals surface area contributed by atoms with Gasteiger partial charge in [0.2, 0.25) is 5.91 Å². The van der Waals surface area contributed by atoms with Crippen LogP contribution in [0.25, 0.3) is 20.7 Å². The molecule has 1 aliphatic carbocycles. The first-order chi connectivity index (χ1) is 16.1. The summed E-state index contributed by atoms with van der Waals surface area (Å²) >= 11 is 4.47. The maximum atomic E-state index is 12.8. The van der Waals surface area contributed by atoms with E-state index in [1.54, 1.807) is 18.3 Å². The van der Waals surface area contributed by atoms with Crippen LogP contribution in [0.5, 0.6) is 0 Å². The molecule has 0 aliphatic heterocycles. The molecule has 0 saturated heterocycles. The standard InChI is InChI=1S/C24H21N3O3S3/c1-2-30-24(29)20-15-9-6-10-17(15)32-23(20)27-19(28)12-31-21-16-11-18(14-7-4-3-5-8-14)33-22(16)26-13-25-21/h3-5,7-8,11,13H,2,6,9-10,12H2,1H3,(H,27,28). The SMILES string of the molecule is CCOC(=O)c1c(NC(=O)CSc2ncnc3sc(-c4ccccc4)cc23)sc2c1CCC2. The number of carbonyl (C=O) groups is 2. The molecule has 33 heavy (non-hydrogen) atoms. The fraction of sp³-hybridized carbons (Fsp3) is 0.250. The van der Waals surface area contributed by atoms with Crippen LogP contribution in [0.4, 0.5) is 5.00 Å². The average Bonchev–Trinajstić information content (AvgIpc) is 3.53. The molecule has 0 unspecified atom stereocenters. The van der Waals surface area contributed by atoms with Gasteiger partial charge in [-0.1, -0.05) is 42.1 Å². The zero-order chi connectivity index (χ0) is 22.8. The number of amides is 1. The summed E-state index contributed by atoms with van der Waals surface area (Å²) in [6.07, 6.45) is 4.37. The smallest absolute Gasteiger partial charge is 0.341 e. The lowest BCUT2D eigenvalue weighted by Crippen LogP contribution is -2.16. The van der Waals surface area contributed by atoms with E-state index in [4.69, 9.17) is 4.74 Å². The third-order valence-corrected chi connectivity index (χ3v) is 8.65. The molecule has 1 N–H and O–H groups in total. The molecule has 0 saturated carbocycles. The van der Waals surface area contributed by atoms with E-state index in [1.807, 2.05) is 18.2 Å². The van der Waals surface area contributed by atoms with Crippen molar-refractivity contribution in [2.45, 2.75) is 31.2 Å². The van der Waals surface area contributed by atoms with Crippen LogP contribution >= 0.6 is 34.4 Å². The second-order valence-corrected chi connectivity index (χ2v) is 10.6. The van der Waals surface area contributed by atoms with Crippen molar-refractivity contribution in [1.29, 1.82) is 0 Å². The Hall–Kier alpha value is -2.75. The number of nitrogens with one attached hydrogen (secondary N) is 1. The zero-order valence-corrected chi connectivity index (χ0v) is 20.4. The van der Waals surface area contributed by atoms with Crippen molar-refractivity contribution in [2.24, 2.45) is 0 Å². The molecular weight excluding hydrogens is 474 g/mol. The molecule has 1 amide bonds. The highest BCUT2D eigenvalue weighted by Crippen LogP contribution is 2.40. The van der Waals surface area contributed by atoms with Gasteiger partial charge < -0.3 is 10.1 Å². The molecule has 0 fully saturated rings. The number of hydrogen-bond donors (Lipinski definition) is 1. The molecule has 3 heterocycles. The number of aryl methyl sites for hydroxylation is 1. The van der Waals surface area contributed by atoms with Crippen LogP contribution < -0.4 is 5.32 Å². The van der Waals surface area contributed by atoms with Crippen LogP contribution in [0.15, 0.2) is 47.8 Å². The first kappa shape index (κ1) is 22.1. The summed E-state index contributed by atoms with van der Waals surface area (Å²) in [4.78, 5) is 37.3. The predicted octanol–water partition coefficient (Wildman–Crippen LogP) is 5.82. The minimum absolute atomic E-state index is 0.171. The summed E-state index contributed by atoms with van der Waals surface area (Å²) < 4.78 is 5.25. The van der Waals surface area contributed by atoms with E-state index in [1.165, 1.54) is 34.3 Å². The number of aromatic nitrogens is 2. The Balaban J connectivity index is 1.32. The number of nitrogens with zero attached hydrogens (tertiary/aromatic N) is 2. The second-order valence-electron chi connectivity index (χ2n) is 7.49. The molecule has 0 atom stereocenters. The lowest BCUT2D eigenvalue weighted by molar-refractivity contribution is -0.113. The number of carbonyl (C=O) groups excluding carboxylic acids is 2. The minimum Gasteiger partial charge on any atom is -0.462 e. The maximum Gasteiger partial charge on any atom is 0.341 e. The van der Waals surface area contributed by atoms with Gasteiger partial charge in [-0.15, -0.1) is 22.7 Å². The topological polar surface area (TPSA) is 81.2 Å². The number of fused-ring (bicyclic) bond motifs is 2. The molecule has 3 aromatic heterocycles. The van der Waals surface area contributed by atoms with Gasteiger partial charge in [0.1, 0.15) is 21.2 Å². The Kier molecular flexibility index (Phi) is 6.43. The third-order valence-electron chi connectivity index (χ3n) is 5.34. The van der Waals surface area contributed by atoms with Gasteiger partial charge in [-0.25, -0.2) is 14.8 Å². The van der Waals surface area contributed by atoms with E-state index in [-0.39, 0.29) is 17.6 Å². The lowest BCUT2D eigenvalue weighted by atomic mass is 10.1. The largest absolute Gasteiger partial charge is 0.462 e. The Labute approximate surface area is 203 Å². The maximum absolute atomic E-state index is 12.8. The fourth-order valence-corrected chi connectivity index (χ4v) is 7.04. The first-order valence-electron chi connectivity index (χ1n) is 10.7. The van der Waals surface area contributed by atoms with Gasteiger partial charge in [-0.2, -0.15) is 0 Å². The number of thioether (sulfide) groups is 1. The van der Waals surface area contributed by atoms with Crippen LogP contribution in [-0.4, -0.2) is 34.2 Å². The van der Waals surface area contributed by atoms with E-state index in [0.717, 1.165) is 50.5 Å². The number of rotatable bonds is 7. The molecule has 1 aromatic carbocycles. The van der Waals surface area contributed by atoms with Crippen molar-refractivity contribution >= 4 is 61.5 Å². The van der Waals surface area contributed by atoms with Crippen molar-refractivity contribution in [3.8, 4) is 10.4 Å². The summed E-state index contributed by atoms with van der Waals surface area (Å²) in [5, 5.41) is 5.26. The molecule has 4 aromatic rings. The monoisotopic (exact) mass is 495 g/mol. The number of thiophene rings is 2. The Morgan fingerprint density at radius 2 is 2.00 bits per heavy atom. The third kappa shape index (κ3) is 4.53. The van der Waals surface area contributed by atoms with Crippen LogP contribution in [-0.2, 0) is 22.4 Å². The highest BCUT2D eigenvalue weighted by molar-refractivity contribution is 8.00. The first-order valence-corrected chi connectivity index (χ1v) is 13.3. The van der Waals surface area contributed by atoms with Gasteiger partial charge >= 0.3 is 5.97 Å². The van der Waals surface area contributed by atoms with Crippen LogP contribution in [0.1, 0.15) is 34.1 Å². The van der Waals surface area contributed by atoms with E-state index >= 15 is 0 Å². The number of hydrogen-bond acceptors (Lipinski definition) is 8. The normalized spacial score (nSPS) is 12.6. The summed E-state index contributed by atoms with van der Waals surface area (Å²) in [5.41, 5.74) is 2.69. The Bertz CT molecular complexity index is 1330. The van der Waals surface area contributed by atoms with Gasteiger partial charge in [0.25, 0.3) is 0 Å². The predicted molar refractivity (Wildman–Crippen MR) is 135 cm³/mol. The number of anilines is 1. The molecule has 1 aliphatic rings. The van der Waals surface area contributed by atoms with Gasteiger partial charge in [0, 0.05) is 15.1 Å². The Morgan fingerprint density at radius 3 is 2.82 bits per heavy atom. The number of esters is 1. The van der Waals surface area contributed by atoms with E-state index in [9.17, 15) is 9.59 Å². The minimum atomic E-state index is -0.357.